The third-order valence-corrected chi connectivity index (χ3v) is 5.94. The number of rotatable bonds is 1. The van der Waals surface area contributed by atoms with Crippen LogP contribution >= 0.6 is 0 Å². The monoisotopic (exact) mass is 245 g/mol. The zero-order valence-corrected chi connectivity index (χ0v) is 10.7. The summed E-state index contributed by atoms with van der Waals surface area (Å²) in [4.78, 5) is 12.0. The molecule has 1 saturated carbocycles. The molecule has 0 unspecified atom stereocenters. The molecular weight excluding hydrogens is 226 g/mol. The van der Waals surface area contributed by atoms with Crippen molar-refractivity contribution in [3.63, 3.8) is 0 Å². The van der Waals surface area contributed by atoms with Gasteiger partial charge in [0.05, 0.1) is 5.54 Å². The lowest BCUT2D eigenvalue weighted by atomic mass is 9.75. The molecule has 1 heterocycles. The van der Waals surface area contributed by atoms with E-state index in [0.717, 1.165) is 12.8 Å². The van der Waals surface area contributed by atoms with Crippen molar-refractivity contribution in [2.45, 2.75) is 45.1 Å². The van der Waals surface area contributed by atoms with Crippen molar-refractivity contribution in [1.82, 2.24) is 4.31 Å². The molecule has 0 amide bonds. The van der Waals surface area contributed by atoms with E-state index in [-0.39, 0.29) is 11.5 Å². The summed E-state index contributed by atoms with van der Waals surface area (Å²) < 4.78 is 25.2. The van der Waals surface area contributed by atoms with Gasteiger partial charge >= 0.3 is 0 Å². The van der Waals surface area contributed by atoms with Crippen LogP contribution in [0.4, 0.5) is 0 Å². The molecule has 5 heteroatoms. The van der Waals surface area contributed by atoms with Gasteiger partial charge in [0.1, 0.15) is 5.75 Å². The van der Waals surface area contributed by atoms with Gasteiger partial charge in [0.25, 0.3) is 0 Å². The summed E-state index contributed by atoms with van der Waals surface area (Å²) in [5.41, 5.74) is -0.680. The first kappa shape index (κ1) is 12.0. The fraction of sp³-hybridized carbons (Fsp3) is 0.909. The van der Waals surface area contributed by atoms with Gasteiger partial charge < -0.3 is 0 Å². The minimum Gasteiger partial charge on any atom is -0.296 e. The quantitative estimate of drug-likeness (QED) is 0.697. The van der Waals surface area contributed by atoms with Crippen molar-refractivity contribution in [3.8, 4) is 0 Å². The van der Waals surface area contributed by atoms with E-state index in [1.807, 2.05) is 6.92 Å². The molecule has 2 rings (SSSR count). The third-order valence-electron chi connectivity index (χ3n) is 4.03. The molecule has 1 saturated heterocycles. The standard InChI is InChI=1S/C11H19NO3S/c1-3-12-11(6-4-9(2)5-7-11)10(13)8-16(12,14)15/h9H,3-8H2,1-2H3. The number of ketones is 1. The molecule has 1 aliphatic heterocycles. The Morgan fingerprint density at radius 1 is 1.38 bits per heavy atom. The van der Waals surface area contributed by atoms with E-state index in [1.54, 1.807) is 0 Å². The van der Waals surface area contributed by atoms with Crippen LogP contribution in [0.2, 0.25) is 0 Å². The zero-order valence-electron chi connectivity index (χ0n) is 9.90. The Hall–Kier alpha value is -0.420. The van der Waals surface area contributed by atoms with E-state index in [9.17, 15) is 13.2 Å². The second-order valence-corrected chi connectivity index (χ2v) is 6.95. The maximum atomic E-state index is 12.0. The molecule has 92 valence electrons. The summed E-state index contributed by atoms with van der Waals surface area (Å²) in [5, 5.41) is 0. The van der Waals surface area contributed by atoms with Crippen LogP contribution in [0.25, 0.3) is 0 Å². The number of carbonyl (C=O) groups is 1. The number of likely N-dealkylation sites (N-methyl/N-ethyl adjacent to an activating group) is 1. The van der Waals surface area contributed by atoms with E-state index in [4.69, 9.17) is 0 Å². The number of carbonyl (C=O) groups excluding carboxylic acids is 1. The van der Waals surface area contributed by atoms with Crippen molar-refractivity contribution in [2.24, 2.45) is 5.92 Å². The molecule has 16 heavy (non-hydrogen) atoms. The first-order valence-electron chi connectivity index (χ1n) is 5.96. The summed E-state index contributed by atoms with van der Waals surface area (Å²) in [7, 11) is -3.33. The summed E-state index contributed by atoms with van der Waals surface area (Å²) >= 11 is 0. The smallest absolute Gasteiger partial charge is 0.222 e. The van der Waals surface area contributed by atoms with Gasteiger partial charge in [-0.05, 0) is 31.6 Å². The Labute approximate surface area is 97.1 Å². The maximum Gasteiger partial charge on any atom is 0.222 e. The lowest BCUT2D eigenvalue weighted by molar-refractivity contribution is -0.126. The van der Waals surface area contributed by atoms with Gasteiger partial charge in [-0.1, -0.05) is 13.8 Å². The fourth-order valence-corrected chi connectivity index (χ4v) is 5.02. The van der Waals surface area contributed by atoms with Crippen molar-refractivity contribution < 1.29 is 13.2 Å². The van der Waals surface area contributed by atoms with Crippen LogP contribution < -0.4 is 0 Å². The average Bonchev–Trinajstić information content (AvgIpc) is 2.38. The molecule has 1 aliphatic carbocycles. The Morgan fingerprint density at radius 2 is 1.94 bits per heavy atom. The largest absolute Gasteiger partial charge is 0.296 e. The minimum atomic E-state index is -3.33. The molecule has 0 radical (unpaired) electrons. The molecule has 4 nitrogen and oxygen atoms in total. The summed E-state index contributed by atoms with van der Waals surface area (Å²) in [6.45, 7) is 4.40. The lowest BCUT2D eigenvalue weighted by Crippen LogP contribution is -2.51. The van der Waals surface area contributed by atoms with Crippen LogP contribution in [-0.2, 0) is 14.8 Å². The highest BCUT2D eigenvalue weighted by Gasteiger charge is 2.56. The van der Waals surface area contributed by atoms with Crippen molar-refractivity contribution in [2.75, 3.05) is 12.3 Å². The number of hydrogen-bond acceptors (Lipinski definition) is 3. The Morgan fingerprint density at radius 3 is 2.44 bits per heavy atom. The number of hydrogen-bond donors (Lipinski definition) is 0. The van der Waals surface area contributed by atoms with Gasteiger partial charge in [-0.2, -0.15) is 4.31 Å². The van der Waals surface area contributed by atoms with E-state index >= 15 is 0 Å². The Kier molecular flexibility index (Phi) is 2.87. The second-order valence-electron chi connectivity index (χ2n) is 5.06. The second kappa shape index (κ2) is 3.81. The highest BCUT2D eigenvalue weighted by Crippen LogP contribution is 2.42. The Bertz CT molecular complexity index is 393. The van der Waals surface area contributed by atoms with Gasteiger partial charge in [0, 0.05) is 6.54 Å². The van der Waals surface area contributed by atoms with Crippen LogP contribution in [0.1, 0.15) is 39.5 Å². The highest BCUT2D eigenvalue weighted by molar-refractivity contribution is 7.90. The van der Waals surface area contributed by atoms with E-state index in [0.29, 0.717) is 25.3 Å². The molecule has 2 aliphatic rings. The first-order chi connectivity index (χ1) is 7.42. The number of nitrogens with zero attached hydrogens (tertiary/aromatic N) is 1. The molecule has 2 fully saturated rings. The van der Waals surface area contributed by atoms with Crippen molar-refractivity contribution in [1.29, 1.82) is 0 Å². The summed E-state index contributed by atoms with van der Waals surface area (Å²) in [6.07, 6.45) is 3.33. The fourth-order valence-electron chi connectivity index (χ4n) is 3.05. The highest BCUT2D eigenvalue weighted by atomic mass is 32.2. The lowest BCUT2D eigenvalue weighted by Gasteiger charge is -2.39. The van der Waals surface area contributed by atoms with Gasteiger partial charge in [0.15, 0.2) is 5.78 Å². The van der Waals surface area contributed by atoms with E-state index < -0.39 is 15.6 Å². The van der Waals surface area contributed by atoms with E-state index in [1.165, 1.54) is 4.31 Å². The molecule has 0 aromatic rings. The van der Waals surface area contributed by atoms with Crippen LogP contribution in [0, 0.1) is 5.92 Å². The van der Waals surface area contributed by atoms with Gasteiger partial charge in [0.2, 0.25) is 10.0 Å². The number of sulfonamides is 1. The molecule has 1 spiro atoms. The average molecular weight is 245 g/mol. The SMILES string of the molecule is CCN1C2(CCC(C)CC2)C(=O)CS1(=O)=O. The van der Waals surface area contributed by atoms with Crippen molar-refractivity contribution in [3.05, 3.63) is 0 Å². The maximum absolute atomic E-state index is 12.0. The van der Waals surface area contributed by atoms with E-state index in [2.05, 4.69) is 6.92 Å². The molecule has 0 aromatic heterocycles. The molecule has 0 aromatic carbocycles. The predicted octanol–water partition coefficient (Wildman–Crippen LogP) is 1.17. The summed E-state index contributed by atoms with van der Waals surface area (Å²) in [6, 6.07) is 0. The van der Waals surface area contributed by atoms with Gasteiger partial charge in [-0.25, -0.2) is 8.42 Å². The number of Topliss-reactive ketones (excluding diaryl/α,β-unsaturated/α-hetero) is 1. The minimum absolute atomic E-state index is 0.0822. The molecule has 0 bridgehead atoms. The zero-order chi connectivity index (χ0) is 12.0. The predicted molar refractivity (Wildman–Crippen MR) is 61.5 cm³/mol. The van der Waals surface area contributed by atoms with Gasteiger partial charge in [-0.3, -0.25) is 4.79 Å². The topological polar surface area (TPSA) is 54.5 Å². The molecule has 0 N–H and O–H groups in total. The van der Waals surface area contributed by atoms with Crippen LogP contribution in [0.3, 0.4) is 0 Å². The van der Waals surface area contributed by atoms with Crippen LogP contribution in [-0.4, -0.2) is 36.3 Å². The Balaban J connectivity index is 2.35. The normalized spacial score (nSPS) is 39.4. The van der Waals surface area contributed by atoms with Crippen LogP contribution in [0.15, 0.2) is 0 Å². The molecule has 0 atom stereocenters. The van der Waals surface area contributed by atoms with Crippen molar-refractivity contribution >= 4 is 15.8 Å². The third kappa shape index (κ3) is 1.61. The molecular formula is C11H19NO3S. The van der Waals surface area contributed by atoms with Crippen LogP contribution in [0.5, 0.6) is 0 Å². The van der Waals surface area contributed by atoms with Gasteiger partial charge in [-0.15, -0.1) is 0 Å². The first-order valence-corrected chi connectivity index (χ1v) is 7.57. The summed E-state index contributed by atoms with van der Waals surface area (Å²) in [5.74, 6) is 0.247.